The van der Waals surface area contributed by atoms with E-state index < -0.39 is 5.95 Å². The summed E-state index contributed by atoms with van der Waals surface area (Å²) in [6, 6.07) is 10.1. The lowest BCUT2D eigenvalue weighted by Gasteiger charge is -2.08. The number of aromatic nitrogens is 1. The monoisotopic (exact) mass is 432 g/mol. The van der Waals surface area contributed by atoms with Gasteiger partial charge < -0.3 is 0 Å². The zero-order chi connectivity index (χ0) is 20.4. The Kier molecular flexibility index (Phi) is 6.14. The summed E-state index contributed by atoms with van der Waals surface area (Å²) in [6.07, 6.45) is 1.29. The molecule has 7 heteroatoms. The van der Waals surface area contributed by atoms with Crippen molar-refractivity contribution in [3.05, 3.63) is 62.5 Å². The Labute approximate surface area is 176 Å². The molecule has 0 fully saturated rings. The van der Waals surface area contributed by atoms with E-state index in [1.54, 1.807) is 24.3 Å². The van der Waals surface area contributed by atoms with Crippen LogP contribution in [0.5, 0.6) is 0 Å². The van der Waals surface area contributed by atoms with Gasteiger partial charge >= 0.3 is 0 Å². The first-order valence-corrected chi connectivity index (χ1v) is 10.1. The Balaban J connectivity index is 2.25. The van der Waals surface area contributed by atoms with Gasteiger partial charge in [-0.25, -0.2) is 4.98 Å². The molecule has 0 saturated heterocycles. The zero-order valence-electron chi connectivity index (χ0n) is 15.1. The van der Waals surface area contributed by atoms with Crippen molar-refractivity contribution in [1.82, 2.24) is 4.98 Å². The molecule has 2 heterocycles. The molecule has 0 atom stereocenters. The van der Waals surface area contributed by atoms with E-state index in [-0.39, 0.29) is 5.56 Å². The molecule has 0 unspecified atom stereocenters. The van der Waals surface area contributed by atoms with Crippen molar-refractivity contribution in [3.8, 4) is 27.6 Å². The van der Waals surface area contributed by atoms with E-state index in [0.29, 0.717) is 60.8 Å². The molecule has 3 aromatic rings. The zero-order valence-corrected chi connectivity index (χ0v) is 17.4. The van der Waals surface area contributed by atoms with Crippen molar-refractivity contribution < 1.29 is 9.18 Å². The van der Waals surface area contributed by atoms with Gasteiger partial charge in [-0.15, -0.1) is 11.3 Å². The molecule has 3 rings (SSSR count). The highest BCUT2D eigenvalue weighted by Crippen LogP contribution is 2.44. The van der Waals surface area contributed by atoms with Gasteiger partial charge in [0.2, 0.25) is 5.95 Å². The first-order valence-electron chi connectivity index (χ1n) is 8.48. The van der Waals surface area contributed by atoms with Crippen LogP contribution in [0.2, 0.25) is 10.0 Å². The molecular formula is C21H15Cl2FN2OS. The lowest BCUT2D eigenvalue weighted by Crippen LogP contribution is -1.99. The van der Waals surface area contributed by atoms with E-state index in [0.717, 1.165) is 11.3 Å². The molecule has 0 N–H and O–H groups in total. The molecule has 0 saturated carbocycles. The number of benzene rings is 1. The fourth-order valence-electron chi connectivity index (χ4n) is 3.01. The van der Waals surface area contributed by atoms with Crippen LogP contribution in [0.1, 0.15) is 34.8 Å². The Bertz CT molecular complexity index is 1100. The maximum absolute atomic E-state index is 14.1. The van der Waals surface area contributed by atoms with Crippen LogP contribution in [-0.2, 0) is 6.42 Å². The normalized spacial score (nSPS) is 10.9. The van der Waals surface area contributed by atoms with Crippen LogP contribution in [0.25, 0.3) is 21.6 Å². The number of nitrogens with zero attached hydrogens (tertiary/aromatic N) is 2. The van der Waals surface area contributed by atoms with Gasteiger partial charge in [0.05, 0.1) is 15.3 Å². The molecule has 0 spiro atoms. The molecule has 28 heavy (non-hydrogen) atoms. The van der Waals surface area contributed by atoms with Crippen LogP contribution in [0, 0.1) is 23.2 Å². The van der Waals surface area contributed by atoms with Crippen LogP contribution < -0.4 is 0 Å². The Morgan fingerprint density at radius 2 is 2.04 bits per heavy atom. The minimum Gasteiger partial charge on any atom is -0.297 e. The number of carbonyl (C=O) groups is 1. The van der Waals surface area contributed by atoms with E-state index in [1.807, 2.05) is 13.8 Å². The Morgan fingerprint density at radius 1 is 1.29 bits per heavy atom. The van der Waals surface area contributed by atoms with Crippen molar-refractivity contribution in [3.63, 3.8) is 0 Å². The van der Waals surface area contributed by atoms with Gasteiger partial charge in [-0.1, -0.05) is 43.1 Å². The average Bonchev–Trinajstić information content (AvgIpc) is 2.99. The van der Waals surface area contributed by atoms with Gasteiger partial charge in [0.1, 0.15) is 6.07 Å². The van der Waals surface area contributed by atoms with E-state index in [4.69, 9.17) is 23.2 Å². The summed E-state index contributed by atoms with van der Waals surface area (Å²) in [4.78, 5) is 16.5. The van der Waals surface area contributed by atoms with Crippen molar-refractivity contribution in [2.24, 2.45) is 5.92 Å². The van der Waals surface area contributed by atoms with E-state index in [1.165, 1.54) is 6.07 Å². The van der Waals surface area contributed by atoms with Gasteiger partial charge in [-0.3, -0.25) is 4.79 Å². The SMILES string of the molecule is CC(C)Cc1cc(-c2sc(C=O)c(-c3ccc(Cl)cc3Cl)c2C#N)cc(F)n1. The molecule has 3 nitrogen and oxygen atoms in total. The fourth-order valence-corrected chi connectivity index (χ4v) is 4.58. The summed E-state index contributed by atoms with van der Waals surface area (Å²) in [6.45, 7) is 4.03. The van der Waals surface area contributed by atoms with Crippen LogP contribution in [0.4, 0.5) is 4.39 Å². The fraction of sp³-hybridized carbons (Fsp3) is 0.190. The highest BCUT2D eigenvalue weighted by atomic mass is 35.5. The molecule has 2 aromatic heterocycles. The van der Waals surface area contributed by atoms with Crippen molar-refractivity contribution in [2.45, 2.75) is 20.3 Å². The van der Waals surface area contributed by atoms with E-state index >= 15 is 0 Å². The number of aldehydes is 1. The number of rotatable bonds is 5. The molecule has 142 valence electrons. The lowest BCUT2D eigenvalue weighted by molar-refractivity contribution is 0.112. The maximum Gasteiger partial charge on any atom is 0.213 e. The Hall–Kier alpha value is -2.26. The smallest absolute Gasteiger partial charge is 0.213 e. The molecule has 0 radical (unpaired) electrons. The molecule has 1 aromatic carbocycles. The topological polar surface area (TPSA) is 53.8 Å². The number of hydrogen-bond donors (Lipinski definition) is 0. The molecule has 0 aliphatic rings. The molecule has 0 bridgehead atoms. The number of halogens is 3. The van der Waals surface area contributed by atoms with Crippen LogP contribution in [0.15, 0.2) is 30.3 Å². The summed E-state index contributed by atoms with van der Waals surface area (Å²) in [5, 5.41) is 10.6. The summed E-state index contributed by atoms with van der Waals surface area (Å²) in [5.41, 5.74) is 2.36. The van der Waals surface area contributed by atoms with Gasteiger partial charge in [-0.05, 0) is 36.1 Å². The first-order chi connectivity index (χ1) is 13.3. The predicted octanol–water partition coefficient (Wildman–Crippen LogP) is 6.81. The Morgan fingerprint density at radius 3 is 2.64 bits per heavy atom. The molecule has 0 aliphatic heterocycles. The third kappa shape index (κ3) is 4.10. The second-order valence-corrected chi connectivity index (χ2v) is 8.56. The summed E-state index contributed by atoms with van der Waals surface area (Å²) >= 11 is 13.4. The maximum atomic E-state index is 14.1. The number of thiophene rings is 1. The standard InChI is InChI=1S/C21H15Cl2FN2OS/c1-11(2)5-14-6-12(7-19(24)26-14)21-16(9-25)20(18(10-27)28-21)15-4-3-13(22)8-17(15)23/h3-4,6-8,10-11H,5H2,1-2H3. The molecule has 0 aliphatic carbocycles. The number of nitriles is 1. The van der Waals surface area contributed by atoms with Gasteiger partial charge in [-0.2, -0.15) is 9.65 Å². The third-order valence-corrected chi connectivity index (χ3v) is 5.79. The summed E-state index contributed by atoms with van der Waals surface area (Å²) < 4.78 is 14.1. The van der Waals surface area contributed by atoms with Crippen molar-refractivity contribution in [1.29, 1.82) is 5.26 Å². The minimum absolute atomic E-state index is 0.275. The second kappa shape index (κ2) is 8.40. The van der Waals surface area contributed by atoms with E-state index in [9.17, 15) is 14.4 Å². The van der Waals surface area contributed by atoms with Gasteiger partial charge in [0.15, 0.2) is 6.29 Å². The number of carbonyl (C=O) groups excluding carboxylic acids is 1. The minimum atomic E-state index is -0.621. The first kappa shape index (κ1) is 20.5. The summed E-state index contributed by atoms with van der Waals surface area (Å²) in [7, 11) is 0. The largest absolute Gasteiger partial charge is 0.297 e. The highest BCUT2D eigenvalue weighted by Gasteiger charge is 2.23. The van der Waals surface area contributed by atoms with Gasteiger partial charge in [0.25, 0.3) is 0 Å². The van der Waals surface area contributed by atoms with Crippen LogP contribution in [0.3, 0.4) is 0 Å². The van der Waals surface area contributed by atoms with E-state index in [2.05, 4.69) is 11.1 Å². The predicted molar refractivity (Wildman–Crippen MR) is 112 cm³/mol. The summed E-state index contributed by atoms with van der Waals surface area (Å²) in [5.74, 6) is -0.320. The number of pyridine rings is 1. The van der Waals surface area contributed by atoms with Crippen LogP contribution >= 0.6 is 34.5 Å². The lowest BCUT2D eigenvalue weighted by atomic mass is 9.98. The van der Waals surface area contributed by atoms with Crippen LogP contribution in [-0.4, -0.2) is 11.3 Å². The quantitative estimate of drug-likeness (QED) is 0.328. The number of hydrogen-bond acceptors (Lipinski definition) is 4. The second-order valence-electron chi connectivity index (χ2n) is 6.67. The molecule has 0 amide bonds. The molecular weight excluding hydrogens is 418 g/mol. The van der Waals surface area contributed by atoms with Gasteiger partial charge in [0, 0.05) is 32.9 Å². The van der Waals surface area contributed by atoms with Crippen molar-refractivity contribution >= 4 is 40.8 Å². The average molecular weight is 433 g/mol. The third-order valence-electron chi connectivity index (χ3n) is 4.08. The van der Waals surface area contributed by atoms with Crippen molar-refractivity contribution in [2.75, 3.05) is 0 Å². The highest BCUT2D eigenvalue weighted by molar-refractivity contribution is 7.18.